The van der Waals surface area contributed by atoms with E-state index < -0.39 is 5.97 Å². The van der Waals surface area contributed by atoms with Crippen molar-refractivity contribution in [3.05, 3.63) is 95.6 Å². The van der Waals surface area contributed by atoms with Gasteiger partial charge in [-0.3, -0.25) is 4.79 Å². The van der Waals surface area contributed by atoms with Crippen molar-refractivity contribution >= 4 is 11.9 Å². The largest absolute Gasteiger partial charge is 0.478 e. The number of aryl methyl sites for hydroxylation is 1. The number of aromatic carboxylic acids is 1. The molecule has 0 heterocycles. The Morgan fingerprint density at radius 3 is 2.17 bits per heavy atom. The van der Waals surface area contributed by atoms with Crippen LogP contribution in [0.15, 0.2) is 78.9 Å². The number of carbonyl (C=O) groups is 2. The molecule has 3 aromatic carbocycles. The van der Waals surface area contributed by atoms with E-state index >= 15 is 0 Å². The molecule has 154 valence electrons. The van der Waals surface area contributed by atoms with Gasteiger partial charge in [0.2, 0.25) is 5.91 Å². The minimum Gasteiger partial charge on any atom is -0.478 e. The molecule has 0 atom stereocenters. The normalized spacial score (nSPS) is 10.6. The maximum Gasteiger partial charge on any atom is 0.336 e. The van der Waals surface area contributed by atoms with Crippen LogP contribution in [0.25, 0.3) is 11.1 Å². The molecule has 0 aliphatic heterocycles. The van der Waals surface area contributed by atoms with E-state index in [0.717, 1.165) is 24.0 Å². The molecular weight excluding hydrogens is 374 g/mol. The third-order valence-electron chi connectivity index (χ3n) is 5.19. The zero-order valence-electron chi connectivity index (χ0n) is 17.3. The van der Waals surface area contributed by atoms with Crippen molar-refractivity contribution in [3.63, 3.8) is 0 Å². The lowest BCUT2D eigenvalue weighted by Crippen LogP contribution is -2.31. The number of carboxylic acid groups (broad SMARTS) is 1. The van der Waals surface area contributed by atoms with Crippen LogP contribution < -0.4 is 0 Å². The van der Waals surface area contributed by atoms with Gasteiger partial charge in [-0.1, -0.05) is 79.7 Å². The van der Waals surface area contributed by atoms with Crippen molar-refractivity contribution in [1.82, 2.24) is 4.90 Å². The summed E-state index contributed by atoms with van der Waals surface area (Å²) < 4.78 is 0. The first-order valence-electron chi connectivity index (χ1n) is 10.3. The number of carboxylic acids is 1. The zero-order chi connectivity index (χ0) is 21.3. The quantitative estimate of drug-likeness (QED) is 0.521. The van der Waals surface area contributed by atoms with Crippen molar-refractivity contribution in [2.75, 3.05) is 6.54 Å². The van der Waals surface area contributed by atoms with E-state index in [2.05, 4.69) is 12.1 Å². The molecule has 0 bridgehead atoms. The second-order valence-electron chi connectivity index (χ2n) is 7.31. The van der Waals surface area contributed by atoms with Gasteiger partial charge >= 0.3 is 5.97 Å². The Morgan fingerprint density at radius 2 is 1.50 bits per heavy atom. The highest BCUT2D eigenvalue weighted by Crippen LogP contribution is 2.24. The smallest absolute Gasteiger partial charge is 0.336 e. The van der Waals surface area contributed by atoms with Gasteiger partial charge in [0, 0.05) is 19.5 Å². The summed E-state index contributed by atoms with van der Waals surface area (Å²) in [5.74, 6) is -0.795. The molecule has 30 heavy (non-hydrogen) atoms. The second kappa shape index (κ2) is 10.4. The third kappa shape index (κ3) is 5.57. The van der Waals surface area contributed by atoms with E-state index in [4.69, 9.17) is 0 Å². The van der Waals surface area contributed by atoms with E-state index in [0.29, 0.717) is 25.1 Å². The molecule has 4 nitrogen and oxygen atoms in total. The summed E-state index contributed by atoms with van der Waals surface area (Å²) in [4.78, 5) is 25.8. The maximum absolute atomic E-state index is 12.4. The summed E-state index contributed by atoms with van der Waals surface area (Å²) in [6.07, 6.45) is 2.34. The fourth-order valence-corrected chi connectivity index (χ4v) is 3.57. The van der Waals surface area contributed by atoms with Gasteiger partial charge in [-0.15, -0.1) is 0 Å². The van der Waals surface area contributed by atoms with Crippen LogP contribution in [0.2, 0.25) is 0 Å². The van der Waals surface area contributed by atoms with Crippen LogP contribution in [0.1, 0.15) is 41.3 Å². The van der Waals surface area contributed by atoms with E-state index in [9.17, 15) is 14.7 Å². The van der Waals surface area contributed by atoms with Crippen LogP contribution in [0.5, 0.6) is 0 Å². The summed E-state index contributed by atoms with van der Waals surface area (Å²) >= 11 is 0. The Bertz CT molecular complexity index is 981. The summed E-state index contributed by atoms with van der Waals surface area (Å²) in [6, 6.07) is 25.1. The number of hydrogen-bond acceptors (Lipinski definition) is 2. The fourth-order valence-electron chi connectivity index (χ4n) is 3.57. The first-order valence-corrected chi connectivity index (χ1v) is 10.3. The predicted octanol–water partition coefficient (Wildman–Crippen LogP) is 5.42. The highest BCUT2D eigenvalue weighted by molar-refractivity contribution is 5.96. The standard InChI is InChI=1S/C26H27NO3/c1-2-25(28)27(18-8-11-20-9-4-3-5-10-20)19-21-14-16-22(17-15-21)23-12-6-7-13-24(23)26(29)30/h3-7,9-10,12-17H,2,8,11,18-19H2,1H3,(H,29,30). The van der Waals surface area contributed by atoms with Gasteiger partial charge in [-0.05, 0) is 41.2 Å². The number of benzene rings is 3. The summed E-state index contributed by atoms with van der Waals surface area (Å²) in [6.45, 7) is 3.16. The van der Waals surface area contributed by atoms with Gasteiger partial charge < -0.3 is 10.0 Å². The maximum atomic E-state index is 12.4. The lowest BCUT2D eigenvalue weighted by Gasteiger charge is -2.22. The zero-order valence-corrected chi connectivity index (χ0v) is 17.3. The molecule has 0 spiro atoms. The molecule has 0 fully saturated rings. The molecular formula is C26H27NO3. The molecule has 3 aromatic rings. The lowest BCUT2D eigenvalue weighted by molar-refractivity contribution is -0.131. The molecule has 0 unspecified atom stereocenters. The van der Waals surface area contributed by atoms with Crippen molar-refractivity contribution in [3.8, 4) is 11.1 Å². The van der Waals surface area contributed by atoms with E-state index in [-0.39, 0.29) is 11.5 Å². The Labute approximate surface area is 177 Å². The molecule has 0 aliphatic carbocycles. The van der Waals surface area contributed by atoms with Crippen molar-refractivity contribution in [2.45, 2.75) is 32.7 Å². The minimum absolute atomic E-state index is 0.142. The fraction of sp³-hybridized carbons (Fsp3) is 0.231. The lowest BCUT2D eigenvalue weighted by atomic mass is 9.98. The minimum atomic E-state index is -0.937. The molecule has 1 N–H and O–H groups in total. The molecule has 0 radical (unpaired) electrons. The van der Waals surface area contributed by atoms with Crippen LogP contribution in [-0.2, 0) is 17.8 Å². The molecule has 1 amide bonds. The second-order valence-corrected chi connectivity index (χ2v) is 7.31. The van der Waals surface area contributed by atoms with Crippen molar-refractivity contribution < 1.29 is 14.7 Å². The Kier molecular flexibility index (Phi) is 7.39. The highest BCUT2D eigenvalue weighted by atomic mass is 16.4. The average Bonchev–Trinajstić information content (AvgIpc) is 2.79. The first kappa shape index (κ1) is 21.3. The molecule has 0 saturated carbocycles. The molecule has 0 saturated heterocycles. The molecule has 0 aromatic heterocycles. The van der Waals surface area contributed by atoms with Crippen molar-refractivity contribution in [1.29, 1.82) is 0 Å². The van der Waals surface area contributed by atoms with Gasteiger partial charge in [0.15, 0.2) is 0 Å². The van der Waals surface area contributed by atoms with E-state index in [1.54, 1.807) is 12.1 Å². The van der Waals surface area contributed by atoms with Crippen molar-refractivity contribution in [2.24, 2.45) is 0 Å². The monoisotopic (exact) mass is 401 g/mol. The summed E-state index contributed by atoms with van der Waals surface area (Å²) in [7, 11) is 0. The summed E-state index contributed by atoms with van der Waals surface area (Å²) in [5, 5.41) is 9.41. The molecule has 3 rings (SSSR count). The number of nitrogens with zero attached hydrogens (tertiary/aromatic N) is 1. The average molecular weight is 402 g/mol. The van der Waals surface area contributed by atoms with Crippen LogP contribution >= 0.6 is 0 Å². The van der Waals surface area contributed by atoms with Gasteiger partial charge in [0.25, 0.3) is 0 Å². The Morgan fingerprint density at radius 1 is 0.833 bits per heavy atom. The van der Waals surface area contributed by atoms with E-state index in [1.165, 1.54) is 5.56 Å². The highest BCUT2D eigenvalue weighted by Gasteiger charge is 2.14. The van der Waals surface area contributed by atoms with Crippen LogP contribution in [0, 0.1) is 0 Å². The van der Waals surface area contributed by atoms with Gasteiger partial charge in [0.1, 0.15) is 0 Å². The number of hydrogen-bond donors (Lipinski definition) is 1. The van der Waals surface area contributed by atoms with Crippen LogP contribution in [-0.4, -0.2) is 28.4 Å². The Balaban J connectivity index is 1.68. The van der Waals surface area contributed by atoms with Gasteiger partial charge in [-0.2, -0.15) is 0 Å². The van der Waals surface area contributed by atoms with Gasteiger partial charge in [0.05, 0.1) is 5.56 Å². The van der Waals surface area contributed by atoms with Crippen LogP contribution in [0.4, 0.5) is 0 Å². The third-order valence-corrected chi connectivity index (χ3v) is 5.19. The van der Waals surface area contributed by atoms with Gasteiger partial charge in [-0.25, -0.2) is 4.79 Å². The first-order chi connectivity index (χ1) is 14.6. The topological polar surface area (TPSA) is 57.6 Å². The summed E-state index contributed by atoms with van der Waals surface area (Å²) in [5.41, 5.74) is 4.15. The molecule has 0 aliphatic rings. The predicted molar refractivity (Wildman–Crippen MR) is 119 cm³/mol. The number of carbonyl (C=O) groups excluding carboxylic acids is 1. The Hall–Kier alpha value is -3.40. The van der Waals surface area contributed by atoms with E-state index in [1.807, 2.05) is 66.4 Å². The van der Waals surface area contributed by atoms with Crippen LogP contribution in [0.3, 0.4) is 0 Å². The number of rotatable bonds is 9. The molecule has 4 heteroatoms. The number of amides is 1. The SMILES string of the molecule is CCC(=O)N(CCCc1ccccc1)Cc1ccc(-c2ccccc2C(=O)O)cc1.